The van der Waals surface area contributed by atoms with Gasteiger partial charge in [0.25, 0.3) is 0 Å². The van der Waals surface area contributed by atoms with Gasteiger partial charge in [-0.05, 0) is 42.8 Å². The summed E-state index contributed by atoms with van der Waals surface area (Å²) < 4.78 is 19.0. The van der Waals surface area contributed by atoms with Crippen LogP contribution in [0.25, 0.3) is 0 Å². The molecule has 0 aliphatic rings. The first-order valence-corrected chi connectivity index (χ1v) is 7.13. The Morgan fingerprint density at radius 1 is 1.15 bits per heavy atom. The third kappa shape index (κ3) is 3.81. The second kappa shape index (κ2) is 6.37. The van der Waals surface area contributed by atoms with Crippen molar-refractivity contribution in [1.82, 2.24) is 0 Å². The first-order valence-electron chi connectivity index (χ1n) is 6.33. The Bertz CT molecular complexity index is 567. The smallest absolute Gasteiger partial charge is 0.128 e. The van der Waals surface area contributed by atoms with E-state index >= 15 is 0 Å². The van der Waals surface area contributed by atoms with E-state index < -0.39 is 12.3 Å². The summed E-state index contributed by atoms with van der Waals surface area (Å²) in [6.45, 7) is 1.06. The molecule has 2 nitrogen and oxygen atoms in total. The third-order valence-electron chi connectivity index (χ3n) is 3.09. The Balaban J connectivity index is 2.12. The van der Waals surface area contributed by atoms with E-state index in [0.29, 0.717) is 11.3 Å². The number of benzene rings is 2. The fourth-order valence-electron chi connectivity index (χ4n) is 1.88. The highest BCUT2D eigenvalue weighted by Crippen LogP contribution is 2.29. The summed E-state index contributed by atoms with van der Waals surface area (Å²) in [5, 5.41) is 10.1. The summed E-state index contributed by atoms with van der Waals surface area (Å²) in [6.07, 6.45) is 0.0822. The summed E-state index contributed by atoms with van der Waals surface area (Å²) in [4.78, 5) is 0. The molecule has 0 aliphatic carbocycles. The highest BCUT2D eigenvalue weighted by Gasteiger charge is 2.22. The van der Waals surface area contributed by atoms with Gasteiger partial charge in [0, 0.05) is 10.9 Å². The van der Waals surface area contributed by atoms with Crippen molar-refractivity contribution in [3.63, 3.8) is 0 Å². The molecule has 2 aromatic carbocycles. The van der Waals surface area contributed by atoms with E-state index in [1.165, 1.54) is 0 Å². The molecule has 0 bridgehead atoms. The van der Waals surface area contributed by atoms with Gasteiger partial charge < -0.3 is 9.84 Å². The monoisotopic (exact) mass is 338 g/mol. The molecule has 0 amide bonds. The van der Waals surface area contributed by atoms with Gasteiger partial charge >= 0.3 is 0 Å². The minimum atomic E-state index is -1.15. The molecule has 0 heterocycles. The third-order valence-corrected chi connectivity index (χ3v) is 3.58. The van der Waals surface area contributed by atoms with Crippen LogP contribution in [-0.4, -0.2) is 11.8 Å². The second-order valence-electron chi connectivity index (χ2n) is 4.80. The minimum absolute atomic E-state index is 0.0822. The number of alkyl halides is 1. The van der Waals surface area contributed by atoms with Crippen LogP contribution in [0, 0.1) is 0 Å². The predicted molar refractivity (Wildman–Crippen MR) is 80.8 cm³/mol. The quantitative estimate of drug-likeness (QED) is 0.847. The molecule has 1 unspecified atom stereocenters. The van der Waals surface area contributed by atoms with E-state index in [2.05, 4.69) is 15.9 Å². The molecule has 0 spiro atoms. The molecule has 0 saturated carbocycles. The normalized spacial score (nSPS) is 13.8. The van der Waals surface area contributed by atoms with Gasteiger partial charge in [-0.15, -0.1) is 0 Å². The number of hydrogen-bond donors (Lipinski definition) is 1. The highest BCUT2D eigenvalue weighted by molar-refractivity contribution is 9.10. The molecule has 0 aliphatic heterocycles. The van der Waals surface area contributed by atoms with E-state index in [-0.39, 0.29) is 6.42 Å². The molecule has 0 radical (unpaired) electrons. The van der Waals surface area contributed by atoms with Gasteiger partial charge in [0.15, 0.2) is 0 Å². The van der Waals surface area contributed by atoms with Crippen molar-refractivity contribution < 1.29 is 14.2 Å². The van der Waals surface area contributed by atoms with Crippen molar-refractivity contribution in [3.8, 4) is 11.5 Å². The van der Waals surface area contributed by atoms with Crippen molar-refractivity contribution in [3.05, 3.63) is 58.6 Å². The number of aliphatic hydroxyl groups is 1. The Hall–Kier alpha value is -1.39. The molecule has 2 rings (SSSR count). The van der Waals surface area contributed by atoms with Gasteiger partial charge in [0.2, 0.25) is 0 Å². The predicted octanol–water partition coefficient (Wildman–Crippen LogP) is 4.81. The van der Waals surface area contributed by atoms with Crippen molar-refractivity contribution >= 4 is 15.9 Å². The molecular formula is C16H16BrFO2. The zero-order valence-electron chi connectivity index (χ0n) is 11.1. The number of ether oxygens (including phenoxy) is 1. The van der Waals surface area contributed by atoms with E-state index in [0.717, 1.165) is 10.2 Å². The first kappa shape index (κ1) is 15.0. The molecule has 2 aromatic rings. The Kier molecular flexibility index (Phi) is 4.78. The lowest BCUT2D eigenvalue weighted by Gasteiger charge is -2.22. The van der Waals surface area contributed by atoms with Crippen LogP contribution in [0.4, 0.5) is 4.39 Å². The first-order chi connectivity index (χ1) is 9.51. The summed E-state index contributed by atoms with van der Waals surface area (Å²) in [5.74, 6) is 1.39. The van der Waals surface area contributed by atoms with Crippen LogP contribution in [0.2, 0.25) is 0 Å². The van der Waals surface area contributed by atoms with Gasteiger partial charge in [0.05, 0.1) is 12.3 Å². The maximum atomic E-state index is 12.4. The van der Waals surface area contributed by atoms with Crippen LogP contribution in [0.3, 0.4) is 0 Å². The van der Waals surface area contributed by atoms with Gasteiger partial charge in [-0.3, -0.25) is 4.39 Å². The molecule has 0 fully saturated rings. The molecular weight excluding hydrogens is 323 g/mol. The van der Waals surface area contributed by atoms with Crippen LogP contribution in [-0.2, 0) is 5.60 Å². The minimum Gasteiger partial charge on any atom is -0.457 e. The van der Waals surface area contributed by atoms with Gasteiger partial charge in [-0.1, -0.05) is 34.1 Å². The topological polar surface area (TPSA) is 29.5 Å². The SMILES string of the molecule is CC(O)(CCF)c1ccc(Oc2cccc(Br)c2)cc1. The van der Waals surface area contributed by atoms with Gasteiger partial charge in [-0.25, -0.2) is 0 Å². The maximum Gasteiger partial charge on any atom is 0.128 e. The van der Waals surface area contributed by atoms with Crippen molar-refractivity contribution in [1.29, 1.82) is 0 Å². The molecule has 106 valence electrons. The van der Waals surface area contributed by atoms with E-state index in [1.807, 2.05) is 24.3 Å². The second-order valence-corrected chi connectivity index (χ2v) is 5.71. The van der Waals surface area contributed by atoms with Crippen LogP contribution in [0.15, 0.2) is 53.0 Å². The molecule has 1 N–H and O–H groups in total. The lowest BCUT2D eigenvalue weighted by atomic mass is 9.93. The average molecular weight is 339 g/mol. The summed E-state index contributed by atoms with van der Waals surface area (Å²) in [5.41, 5.74) is -0.472. The van der Waals surface area contributed by atoms with Crippen molar-refractivity contribution in [2.24, 2.45) is 0 Å². The maximum absolute atomic E-state index is 12.4. The summed E-state index contributed by atoms with van der Waals surface area (Å²) in [6, 6.07) is 14.6. The summed E-state index contributed by atoms with van der Waals surface area (Å²) >= 11 is 3.38. The standard InChI is InChI=1S/C16H16BrFO2/c1-16(19,9-10-18)12-5-7-14(8-6-12)20-15-4-2-3-13(17)11-15/h2-8,11,19H,9-10H2,1H3. The molecule has 4 heteroatoms. The molecule has 1 atom stereocenters. The number of halogens is 2. The Labute approximate surface area is 126 Å². The van der Waals surface area contributed by atoms with Gasteiger partial charge in [0.1, 0.15) is 11.5 Å². The van der Waals surface area contributed by atoms with Crippen LogP contribution in [0.1, 0.15) is 18.9 Å². The highest BCUT2D eigenvalue weighted by atomic mass is 79.9. The van der Waals surface area contributed by atoms with Gasteiger partial charge in [-0.2, -0.15) is 0 Å². The van der Waals surface area contributed by atoms with Crippen LogP contribution in [0.5, 0.6) is 11.5 Å². The summed E-state index contributed by atoms with van der Waals surface area (Å²) in [7, 11) is 0. The lowest BCUT2D eigenvalue weighted by Crippen LogP contribution is -2.21. The number of rotatable bonds is 5. The molecule has 0 saturated heterocycles. The van der Waals surface area contributed by atoms with E-state index in [9.17, 15) is 9.50 Å². The van der Waals surface area contributed by atoms with Crippen LogP contribution >= 0.6 is 15.9 Å². The van der Waals surface area contributed by atoms with E-state index in [1.54, 1.807) is 31.2 Å². The average Bonchev–Trinajstić information content (AvgIpc) is 2.39. The fourth-order valence-corrected chi connectivity index (χ4v) is 2.26. The zero-order valence-corrected chi connectivity index (χ0v) is 12.7. The van der Waals surface area contributed by atoms with E-state index in [4.69, 9.17) is 4.74 Å². The fraction of sp³-hybridized carbons (Fsp3) is 0.250. The van der Waals surface area contributed by atoms with Crippen LogP contribution < -0.4 is 4.74 Å². The lowest BCUT2D eigenvalue weighted by molar-refractivity contribution is 0.0408. The zero-order chi connectivity index (χ0) is 14.6. The van der Waals surface area contributed by atoms with Crippen molar-refractivity contribution in [2.45, 2.75) is 18.9 Å². The molecule has 0 aromatic heterocycles. The Morgan fingerprint density at radius 3 is 2.45 bits per heavy atom. The Morgan fingerprint density at radius 2 is 1.85 bits per heavy atom. The number of hydrogen-bond acceptors (Lipinski definition) is 2. The molecule has 20 heavy (non-hydrogen) atoms. The van der Waals surface area contributed by atoms with Crippen molar-refractivity contribution in [2.75, 3.05) is 6.67 Å². The largest absolute Gasteiger partial charge is 0.457 e.